The number of nitrogens with zero attached hydrogens (tertiary/aromatic N) is 3. The summed E-state index contributed by atoms with van der Waals surface area (Å²) < 4.78 is 6.92. The van der Waals surface area contributed by atoms with E-state index in [1.54, 1.807) is 23.1 Å². The molecule has 1 atom stereocenters. The number of thioether (sulfide) groups is 1. The molecule has 1 saturated heterocycles. The first-order chi connectivity index (χ1) is 14.3. The quantitative estimate of drug-likeness (QED) is 0.502. The third-order valence-electron chi connectivity index (χ3n) is 4.66. The van der Waals surface area contributed by atoms with Crippen molar-refractivity contribution in [2.24, 2.45) is 0 Å². The van der Waals surface area contributed by atoms with Gasteiger partial charge in [0.05, 0.1) is 12.7 Å². The zero-order valence-corrected chi connectivity index (χ0v) is 18.3. The third-order valence-corrected chi connectivity index (χ3v) is 7.18. The highest BCUT2D eigenvalue weighted by Gasteiger charge is 2.22. The molecule has 0 radical (unpaired) electrons. The Balaban J connectivity index is 1.24. The molecule has 3 aromatic rings. The maximum Gasteiger partial charge on any atom is 0.206 e. The zero-order chi connectivity index (χ0) is 19.9. The van der Waals surface area contributed by atoms with Crippen LogP contribution >= 0.6 is 34.7 Å². The number of hydrogen-bond acceptors (Lipinski definition) is 7. The van der Waals surface area contributed by atoms with Gasteiger partial charge in [0.15, 0.2) is 4.34 Å². The Morgan fingerprint density at radius 1 is 1.14 bits per heavy atom. The average Bonchev–Trinajstić information content (AvgIpc) is 3.21. The number of halogens is 1. The Labute approximate surface area is 184 Å². The molecular weight excluding hydrogens is 424 g/mol. The monoisotopic (exact) mass is 446 g/mol. The third kappa shape index (κ3) is 6.17. The smallest absolute Gasteiger partial charge is 0.206 e. The SMILES string of the molecule is Clc1ccccc1CN1CCO[C@@H](CSc2nnc(NCc3ccccc3)s2)C1. The summed E-state index contributed by atoms with van der Waals surface area (Å²) in [4.78, 5) is 2.41. The van der Waals surface area contributed by atoms with Crippen molar-refractivity contribution in [1.82, 2.24) is 15.1 Å². The Morgan fingerprint density at radius 3 is 2.83 bits per heavy atom. The lowest BCUT2D eigenvalue weighted by atomic mass is 10.2. The van der Waals surface area contributed by atoms with Gasteiger partial charge >= 0.3 is 0 Å². The van der Waals surface area contributed by atoms with Gasteiger partial charge in [0.1, 0.15) is 0 Å². The van der Waals surface area contributed by atoms with Crippen LogP contribution in [0, 0.1) is 0 Å². The van der Waals surface area contributed by atoms with Crippen LogP contribution in [0.3, 0.4) is 0 Å². The highest BCUT2D eigenvalue weighted by Crippen LogP contribution is 2.28. The van der Waals surface area contributed by atoms with Crippen molar-refractivity contribution in [3.8, 4) is 0 Å². The molecule has 4 rings (SSSR count). The van der Waals surface area contributed by atoms with Gasteiger partial charge in [-0.2, -0.15) is 0 Å². The van der Waals surface area contributed by atoms with Crippen molar-refractivity contribution in [2.45, 2.75) is 23.5 Å². The van der Waals surface area contributed by atoms with Gasteiger partial charge in [0, 0.05) is 37.0 Å². The summed E-state index contributed by atoms with van der Waals surface area (Å²) in [6.45, 7) is 4.18. The predicted molar refractivity (Wildman–Crippen MR) is 121 cm³/mol. The molecule has 0 bridgehead atoms. The zero-order valence-electron chi connectivity index (χ0n) is 16.0. The molecule has 29 heavy (non-hydrogen) atoms. The van der Waals surface area contributed by atoms with Crippen molar-refractivity contribution in [1.29, 1.82) is 0 Å². The molecule has 152 valence electrons. The van der Waals surface area contributed by atoms with Gasteiger partial charge in [0.25, 0.3) is 0 Å². The Bertz CT molecular complexity index is 908. The van der Waals surface area contributed by atoms with Gasteiger partial charge in [-0.25, -0.2) is 0 Å². The lowest BCUT2D eigenvalue weighted by molar-refractivity contribution is -0.0187. The summed E-state index contributed by atoms with van der Waals surface area (Å²) >= 11 is 9.60. The summed E-state index contributed by atoms with van der Waals surface area (Å²) in [7, 11) is 0. The molecule has 0 aliphatic carbocycles. The normalized spacial score (nSPS) is 17.3. The van der Waals surface area contributed by atoms with Crippen molar-refractivity contribution < 1.29 is 4.74 Å². The second-order valence-corrected chi connectivity index (χ2v) is 9.49. The van der Waals surface area contributed by atoms with E-state index >= 15 is 0 Å². The highest BCUT2D eigenvalue weighted by atomic mass is 35.5. The molecule has 0 saturated carbocycles. The fourth-order valence-corrected chi connectivity index (χ4v) is 5.14. The van der Waals surface area contributed by atoms with E-state index in [1.165, 1.54) is 11.1 Å². The first-order valence-electron chi connectivity index (χ1n) is 9.58. The van der Waals surface area contributed by atoms with Gasteiger partial charge in [-0.05, 0) is 17.2 Å². The molecule has 2 heterocycles. The maximum absolute atomic E-state index is 6.31. The van der Waals surface area contributed by atoms with Crippen LogP contribution in [0.1, 0.15) is 11.1 Å². The van der Waals surface area contributed by atoms with Gasteiger partial charge in [-0.3, -0.25) is 4.90 Å². The Hall–Kier alpha value is -1.64. The molecule has 1 aliphatic rings. The molecular formula is C21H23ClN4OS2. The number of hydrogen-bond donors (Lipinski definition) is 1. The Kier molecular flexibility index (Phi) is 7.40. The van der Waals surface area contributed by atoms with Crippen molar-refractivity contribution >= 4 is 39.8 Å². The van der Waals surface area contributed by atoms with Gasteiger partial charge in [-0.15, -0.1) is 10.2 Å². The molecule has 1 aliphatic heterocycles. The Morgan fingerprint density at radius 2 is 1.97 bits per heavy atom. The minimum absolute atomic E-state index is 0.181. The average molecular weight is 447 g/mol. The predicted octanol–water partition coefficient (Wildman–Crippen LogP) is 4.80. The number of rotatable bonds is 8. The molecule has 1 fully saturated rings. The lowest BCUT2D eigenvalue weighted by Gasteiger charge is -2.32. The summed E-state index contributed by atoms with van der Waals surface area (Å²) in [6, 6.07) is 18.3. The number of anilines is 1. The van der Waals surface area contributed by atoms with Crippen LogP contribution in [0.15, 0.2) is 58.9 Å². The second-order valence-electron chi connectivity index (χ2n) is 6.84. The molecule has 1 N–H and O–H groups in total. The topological polar surface area (TPSA) is 50.3 Å². The molecule has 1 aromatic heterocycles. The number of benzene rings is 2. The van der Waals surface area contributed by atoms with Crippen LogP contribution in [0.5, 0.6) is 0 Å². The first kappa shape index (κ1) is 20.6. The fraction of sp³-hybridized carbons (Fsp3) is 0.333. The fourth-order valence-electron chi connectivity index (χ4n) is 3.17. The number of nitrogens with one attached hydrogen (secondary N) is 1. The minimum atomic E-state index is 0.181. The van der Waals surface area contributed by atoms with Gasteiger partial charge in [0.2, 0.25) is 5.13 Å². The van der Waals surface area contributed by atoms with E-state index in [2.05, 4.69) is 38.6 Å². The standard InChI is InChI=1S/C21H23ClN4OS2/c22-19-9-5-4-8-17(19)13-26-10-11-27-18(14-26)15-28-21-25-24-20(29-21)23-12-16-6-2-1-3-7-16/h1-9,18H,10-15H2,(H,23,24)/t18-/m1/s1. The van der Waals surface area contributed by atoms with E-state index in [4.69, 9.17) is 16.3 Å². The number of ether oxygens (including phenoxy) is 1. The maximum atomic E-state index is 6.31. The van der Waals surface area contributed by atoms with Crippen molar-refractivity contribution in [3.63, 3.8) is 0 Å². The number of morpholine rings is 1. The molecule has 2 aromatic carbocycles. The second kappa shape index (κ2) is 10.4. The molecule has 0 unspecified atom stereocenters. The van der Waals surface area contributed by atoms with Crippen molar-refractivity contribution in [3.05, 3.63) is 70.7 Å². The first-order valence-corrected chi connectivity index (χ1v) is 11.8. The van der Waals surface area contributed by atoms with Crippen LogP contribution in [0.2, 0.25) is 5.02 Å². The molecule has 0 amide bonds. The van der Waals surface area contributed by atoms with E-state index < -0.39 is 0 Å². The van der Waals surface area contributed by atoms with Crippen LogP contribution in [-0.2, 0) is 17.8 Å². The van der Waals surface area contributed by atoms with E-state index in [1.807, 2.05) is 36.4 Å². The largest absolute Gasteiger partial charge is 0.375 e. The summed E-state index contributed by atoms with van der Waals surface area (Å²) in [6.07, 6.45) is 0.181. The molecule has 5 nitrogen and oxygen atoms in total. The summed E-state index contributed by atoms with van der Waals surface area (Å²) in [5, 5.41) is 13.6. The van der Waals surface area contributed by atoms with Crippen LogP contribution < -0.4 is 5.32 Å². The summed E-state index contributed by atoms with van der Waals surface area (Å²) in [5.41, 5.74) is 2.40. The molecule has 8 heteroatoms. The van der Waals surface area contributed by atoms with Crippen LogP contribution in [0.25, 0.3) is 0 Å². The van der Waals surface area contributed by atoms with Gasteiger partial charge < -0.3 is 10.1 Å². The van der Waals surface area contributed by atoms with Crippen molar-refractivity contribution in [2.75, 3.05) is 30.8 Å². The lowest BCUT2D eigenvalue weighted by Crippen LogP contribution is -2.43. The van der Waals surface area contributed by atoms with E-state index in [0.717, 1.165) is 53.0 Å². The van der Waals surface area contributed by atoms with Crippen LogP contribution in [-0.4, -0.2) is 46.7 Å². The number of aromatic nitrogens is 2. The van der Waals surface area contributed by atoms with Gasteiger partial charge in [-0.1, -0.05) is 83.2 Å². The summed E-state index contributed by atoms with van der Waals surface area (Å²) in [5.74, 6) is 0.867. The van der Waals surface area contributed by atoms with E-state index in [-0.39, 0.29) is 6.10 Å². The van der Waals surface area contributed by atoms with E-state index in [9.17, 15) is 0 Å². The molecule has 0 spiro atoms. The minimum Gasteiger partial charge on any atom is -0.375 e. The van der Waals surface area contributed by atoms with E-state index in [0.29, 0.717) is 0 Å². The highest BCUT2D eigenvalue weighted by molar-refractivity contribution is 8.01. The van der Waals surface area contributed by atoms with Crippen LogP contribution in [0.4, 0.5) is 5.13 Å².